The molecule has 1 atom stereocenters. The van der Waals surface area contributed by atoms with E-state index >= 15 is 0 Å². The predicted molar refractivity (Wildman–Crippen MR) is 72.3 cm³/mol. The molecule has 0 aromatic heterocycles. The summed E-state index contributed by atoms with van der Waals surface area (Å²) in [4.78, 5) is 11.7. The van der Waals surface area contributed by atoms with Crippen LogP contribution in [-0.4, -0.2) is 18.7 Å². The summed E-state index contributed by atoms with van der Waals surface area (Å²) >= 11 is 0. The number of hydrogen-bond acceptors (Lipinski definition) is 3. The van der Waals surface area contributed by atoms with Gasteiger partial charge in [0, 0.05) is 0 Å². The van der Waals surface area contributed by atoms with Crippen LogP contribution in [0.4, 0.5) is 0 Å². The van der Waals surface area contributed by atoms with Crippen molar-refractivity contribution in [1.82, 2.24) is 0 Å². The van der Waals surface area contributed by atoms with Gasteiger partial charge in [0.2, 0.25) is 0 Å². The highest BCUT2D eigenvalue weighted by Crippen LogP contribution is 2.26. The van der Waals surface area contributed by atoms with Crippen molar-refractivity contribution < 1.29 is 14.3 Å². The molecule has 0 aliphatic heterocycles. The fourth-order valence-corrected chi connectivity index (χ4v) is 1.75. The van der Waals surface area contributed by atoms with Crippen molar-refractivity contribution in [3.05, 3.63) is 28.8 Å². The summed E-state index contributed by atoms with van der Waals surface area (Å²) in [6.07, 6.45) is 1.13. The first-order valence-corrected chi connectivity index (χ1v) is 6.44. The number of carbonyl (C=O) groups excluding carboxylic acids is 1. The van der Waals surface area contributed by atoms with Gasteiger partial charge in [0.25, 0.3) is 0 Å². The maximum atomic E-state index is 11.7. The van der Waals surface area contributed by atoms with Crippen LogP contribution in [0, 0.1) is 13.8 Å². The fraction of sp³-hybridized carbons (Fsp3) is 0.533. The lowest BCUT2D eigenvalue weighted by atomic mass is 10.1. The van der Waals surface area contributed by atoms with Crippen molar-refractivity contribution in [2.24, 2.45) is 0 Å². The maximum absolute atomic E-state index is 11.7. The molecule has 0 saturated heterocycles. The molecule has 0 amide bonds. The third kappa shape index (κ3) is 3.49. The SMILES string of the molecule is CCOC(=O)c1cc(C)c(O[C@@H](C)CC)c(C)c1. The second-order valence-corrected chi connectivity index (χ2v) is 4.50. The van der Waals surface area contributed by atoms with Crippen LogP contribution >= 0.6 is 0 Å². The van der Waals surface area contributed by atoms with E-state index in [1.54, 1.807) is 6.92 Å². The summed E-state index contributed by atoms with van der Waals surface area (Å²) in [5, 5.41) is 0. The van der Waals surface area contributed by atoms with Gasteiger partial charge in [0.15, 0.2) is 0 Å². The molecule has 18 heavy (non-hydrogen) atoms. The molecule has 0 spiro atoms. The van der Waals surface area contributed by atoms with E-state index in [-0.39, 0.29) is 12.1 Å². The Labute approximate surface area is 109 Å². The molecular weight excluding hydrogens is 228 g/mol. The lowest BCUT2D eigenvalue weighted by molar-refractivity contribution is 0.0526. The summed E-state index contributed by atoms with van der Waals surface area (Å²) in [6, 6.07) is 3.64. The Hall–Kier alpha value is -1.51. The lowest BCUT2D eigenvalue weighted by Gasteiger charge is -2.17. The standard InChI is InChI=1S/C15H22O3/c1-6-12(5)18-14-10(3)8-13(9-11(14)4)15(16)17-7-2/h8-9,12H,6-7H2,1-5H3/t12-/m0/s1. The van der Waals surface area contributed by atoms with Crippen LogP contribution < -0.4 is 4.74 Å². The Balaban J connectivity index is 3.01. The van der Waals surface area contributed by atoms with Crippen molar-refractivity contribution >= 4 is 5.97 Å². The fourth-order valence-electron chi connectivity index (χ4n) is 1.75. The summed E-state index contributed by atoms with van der Waals surface area (Å²) in [5.41, 5.74) is 2.53. The number of esters is 1. The van der Waals surface area contributed by atoms with Gasteiger partial charge >= 0.3 is 5.97 Å². The van der Waals surface area contributed by atoms with Crippen molar-refractivity contribution in [3.63, 3.8) is 0 Å². The van der Waals surface area contributed by atoms with Gasteiger partial charge < -0.3 is 9.47 Å². The van der Waals surface area contributed by atoms with Gasteiger partial charge in [-0.05, 0) is 57.4 Å². The van der Waals surface area contributed by atoms with Gasteiger partial charge in [-0.3, -0.25) is 0 Å². The summed E-state index contributed by atoms with van der Waals surface area (Å²) < 4.78 is 10.9. The first-order chi connectivity index (χ1) is 8.49. The Morgan fingerprint density at radius 1 is 1.22 bits per heavy atom. The highest BCUT2D eigenvalue weighted by atomic mass is 16.5. The van der Waals surface area contributed by atoms with Crippen molar-refractivity contribution in [1.29, 1.82) is 0 Å². The number of ether oxygens (including phenoxy) is 2. The predicted octanol–water partition coefficient (Wildman–Crippen LogP) is 3.66. The summed E-state index contributed by atoms with van der Waals surface area (Å²) in [6.45, 7) is 10.2. The summed E-state index contributed by atoms with van der Waals surface area (Å²) in [7, 11) is 0. The highest BCUT2D eigenvalue weighted by molar-refractivity contribution is 5.90. The molecule has 1 aromatic rings. The second-order valence-electron chi connectivity index (χ2n) is 4.50. The molecular formula is C15H22O3. The number of rotatable bonds is 5. The van der Waals surface area contributed by atoms with E-state index in [0.29, 0.717) is 12.2 Å². The van der Waals surface area contributed by atoms with E-state index in [0.717, 1.165) is 23.3 Å². The van der Waals surface area contributed by atoms with Crippen molar-refractivity contribution in [2.75, 3.05) is 6.61 Å². The molecule has 3 heteroatoms. The monoisotopic (exact) mass is 250 g/mol. The molecule has 0 heterocycles. The molecule has 1 rings (SSSR count). The molecule has 0 N–H and O–H groups in total. The zero-order chi connectivity index (χ0) is 13.7. The van der Waals surface area contributed by atoms with E-state index < -0.39 is 0 Å². The highest BCUT2D eigenvalue weighted by Gasteiger charge is 2.13. The van der Waals surface area contributed by atoms with E-state index in [1.165, 1.54) is 0 Å². The van der Waals surface area contributed by atoms with Crippen LogP contribution in [0.3, 0.4) is 0 Å². The van der Waals surface area contributed by atoms with Crippen molar-refractivity contribution in [2.45, 2.75) is 47.1 Å². The van der Waals surface area contributed by atoms with E-state index in [9.17, 15) is 4.79 Å². The lowest BCUT2D eigenvalue weighted by Crippen LogP contribution is -2.12. The summed E-state index contributed by atoms with van der Waals surface area (Å²) in [5.74, 6) is 0.594. The van der Waals surface area contributed by atoms with E-state index in [4.69, 9.17) is 9.47 Å². The molecule has 0 bridgehead atoms. The first kappa shape index (κ1) is 14.6. The van der Waals surface area contributed by atoms with Crippen LogP contribution in [-0.2, 0) is 4.74 Å². The number of aryl methyl sites for hydroxylation is 2. The van der Waals surface area contributed by atoms with Crippen LogP contribution in [0.5, 0.6) is 5.75 Å². The Morgan fingerprint density at radius 2 is 1.78 bits per heavy atom. The second kappa shape index (κ2) is 6.43. The molecule has 3 nitrogen and oxygen atoms in total. The molecule has 0 fully saturated rings. The van der Waals surface area contributed by atoms with Gasteiger partial charge in [0.1, 0.15) is 5.75 Å². The van der Waals surface area contributed by atoms with Crippen LogP contribution in [0.25, 0.3) is 0 Å². The van der Waals surface area contributed by atoms with Crippen LogP contribution in [0.2, 0.25) is 0 Å². The third-order valence-corrected chi connectivity index (χ3v) is 2.87. The largest absolute Gasteiger partial charge is 0.490 e. The minimum Gasteiger partial charge on any atom is -0.490 e. The van der Waals surface area contributed by atoms with E-state index in [2.05, 4.69) is 6.92 Å². The molecule has 0 saturated carbocycles. The maximum Gasteiger partial charge on any atom is 0.338 e. The molecule has 0 radical (unpaired) electrons. The molecule has 100 valence electrons. The first-order valence-electron chi connectivity index (χ1n) is 6.44. The topological polar surface area (TPSA) is 35.5 Å². The van der Waals surface area contributed by atoms with Crippen molar-refractivity contribution in [3.8, 4) is 5.75 Å². The molecule has 0 unspecified atom stereocenters. The van der Waals surface area contributed by atoms with Crippen LogP contribution in [0.1, 0.15) is 48.7 Å². The quantitative estimate of drug-likeness (QED) is 0.748. The molecule has 1 aromatic carbocycles. The van der Waals surface area contributed by atoms with Gasteiger partial charge in [-0.2, -0.15) is 0 Å². The van der Waals surface area contributed by atoms with Gasteiger partial charge in [-0.25, -0.2) is 4.79 Å². The number of carbonyl (C=O) groups is 1. The Kier molecular flexibility index (Phi) is 5.20. The minimum absolute atomic E-state index is 0.177. The Bertz CT molecular complexity index is 401. The minimum atomic E-state index is -0.279. The van der Waals surface area contributed by atoms with E-state index in [1.807, 2.05) is 32.9 Å². The van der Waals surface area contributed by atoms with Gasteiger partial charge in [-0.1, -0.05) is 6.92 Å². The third-order valence-electron chi connectivity index (χ3n) is 2.87. The Morgan fingerprint density at radius 3 is 2.22 bits per heavy atom. The normalized spacial score (nSPS) is 12.1. The zero-order valence-corrected chi connectivity index (χ0v) is 11.9. The number of benzene rings is 1. The molecule has 0 aliphatic carbocycles. The molecule has 0 aliphatic rings. The van der Waals surface area contributed by atoms with Gasteiger partial charge in [-0.15, -0.1) is 0 Å². The number of hydrogen-bond donors (Lipinski definition) is 0. The van der Waals surface area contributed by atoms with Gasteiger partial charge in [0.05, 0.1) is 18.3 Å². The average molecular weight is 250 g/mol. The zero-order valence-electron chi connectivity index (χ0n) is 11.9. The smallest absolute Gasteiger partial charge is 0.338 e. The average Bonchev–Trinajstić information content (AvgIpc) is 2.33. The van der Waals surface area contributed by atoms with Crippen LogP contribution in [0.15, 0.2) is 12.1 Å².